The van der Waals surface area contributed by atoms with Crippen LogP contribution in [0.2, 0.25) is 0 Å². The molecular formula is C12H22N4O2S. The van der Waals surface area contributed by atoms with Crippen LogP contribution in [0.25, 0.3) is 0 Å². The standard InChI is InChI=1S/C12H22N4O2S/c1-5-7-13-10(11(17)18-4)6-8-19-12-15-14-9(2)16(12)3/h10,13H,5-8H2,1-4H3. The number of aryl methyl sites for hydroxylation is 1. The number of nitrogens with one attached hydrogen (secondary N) is 1. The lowest BCUT2D eigenvalue weighted by molar-refractivity contribution is -0.143. The zero-order chi connectivity index (χ0) is 14.3. The van der Waals surface area contributed by atoms with E-state index in [-0.39, 0.29) is 12.0 Å². The van der Waals surface area contributed by atoms with Gasteiger partial charge in [0, 0.05) is 12.8 Å². The van der Waals surface area contributed by atoms with Crippen molar-refractivity contribution >= 4 is 17.7 Å². The third-order valence-corrected chi connectivity index (χ3v) is 3.87. The van der Waals surface area contributed by atoms with Gasteiger partial charge >= 0.3 is 5.97 Å². The third-order valence-electron chi connectivity index (χ3n) is 2.82. The summed E-state index contributed by atoms with van der Waals surface area (Å²) < 4.78 is 6.74. The number of methoxy groups -OCH3 is 1. The summed E-state index contributed by atoms with van der Waals surface area (Å²) in [5, 5.41) is 12.1. The predicted molar refractivity (Wildman–Crippen MR) is 75.2 cm³/mol. The number of rotatable bonds is 8. The van der Waals surface area contributed by atoms with Crippen LogP contribution in [0.15, 0.2) is 5.16 Å². The van der Waals surface area contributed by atoms with Gasteiger partial charge in [-0.3, -0.25) is 4.79 Å². The summed E-state index contributed by atoms with van der Waals surface area (Å²) in [4.78, 5) is 11.6. The number of ether oxygens (including phenoxy) is 1. The molecule has 0 radical (unpaired) electrons. The summed E-state index contributed by atoms with van der Waals surface area (Å²) in [6, 6.07) is -0.244. The number of thioether (sulfide) groups is 1. The van der Waals surface area contributed by atoms with Gasteiger partial charge in [0.15, 0.2) is 5.16 Å². The second kappa shape index (κ2) is 8.16. The first-order valence-corrected chi connectivity index (χ1v) is 7.38. The maximum Gasteiger partial charge on any atom is 0.322 e. The smallest absolute Gasteiger partial charge is 0.322 e. The number of carbonyl (C=O) groups is 1. The van der Waals surface area contributed by atoms with Crippen LogP contribution >= 0.6 is 11.8 Å². The van der Waals surface area contributed by atoms with Gasteiger partial charge in [-0.2, -0.15) is 0 Å². The van der Waals surface area contributed by atoms with Gasteiger partial charge in [0.2, 0.25) is 0 Å². The molecule has 0 saturated carbocycles. The van der Waals surface area contributed by atoms with Crippen molar-refractivity contribution in [3.05, 3.63) is 5.82 Å². The fourth-order valence-corrected chi connectivity index (χ4v) is 2.51. The Labute approximate surface area is 118 Å². The summed E-state index contributed by atoms with van der Waals surface area (Å²) >= 11 is 1.60. The molecule has 0 aliphatic rings. The minimum Gasteiger partial charge on any atom is -0.468 e. The van der Waals surface area contributed by atoms with E-state index in [4.69, 9.17) is 4.74 Å². The molecule has 0 aliphatic heterocycles. The minimum absolute atomic E-state index is 0.205. The van der Waals surface area contributed by atoms with Crippen molar-refractivity contribution in [3.8, 4) is 0 Å². The highest BCUT2D eigenvalue weighted by Gasteiger charge is 2.18. The van der Waals surface area contributed by atoms with Crippen molar-refractivity contribution in [1.29, 1.82) is 0 Å². The molecule has 0 amide bonds. The first-order chi connectivity index (χ1) is 9.10. The Morgan fingerprint density at radius 3 is 2.79 bits per heavy atom. The molecule has 0 fully saturated rings. The summed E-state index contributed by atoms with van der Waals surface area (Å²) in [5.74, 6) is 1.47. The van der Waals surface area contributed by atoms with Crippen molar-refractivity contribution in [3.63, 3.8) is 0 Å². The number of nitrogens with zero attached hydrogens (tertiary/aromatic N) is 3. The number of hydrogen-bond acceptors (Lipinski definition) is 6. The van der Waals surface area contributed by atoms with Gasteiger partial charge in [-0.25, -0.2) is 0 Å². The Balaban J connectivity index is 2.43. The molecule has 19 heavy (non-hydrogen) atoms. The van der Waals surface area contributed by atoms with E-state index >= 15 is 0 Å². The van der Waals surface area contributed by atoms with E-state index in [9.17, 15) is 4.79 Å². The Morgan fingerprint density at radius 2 is 2.26 bits per heavy atom. The second-order valence-electron chi connectivity index (χ2n) is 4.26. The molecule has 1 aromatic heterocycles. The lowest BCUT2D eigenvalue weighted by Crippen LogP contribution is -2.38. The monoisotopic (exact) mass is 286 g/mol. The average molecular weight is 286 g/mol. The van der Waals surface area contributed by atoms with Gasteiger partial charge in [-0.05, 0) is 26.3 Å². The Kier molecular flexibility index (Phi) is 6.86. The third kappa shape index (κ3) is 4.83. The second-order valence-corrected chi connectivity index (χ2v) is 5.32. The summed E-state index contributed by atoms with van der Waals surface area (Å²) in [5.41, 5.74) is 0. The van der Waals surface area contributed by atoms with Crippen molar-refractivity contribution < 1.29 is 9.53 Å². The highest BCUT2D eigenvalue weighted by Crippen LogP contribution is 2.17. The van der Waals surface area contributed by atoms with E-state index in [0.717, 1.165) is 29.7 Å². The molecule has 6 nitrogen and oxygen atoms in total. The molecule has 0 saturated heterocycles. The molecule has 0 spiro atoms. The zero-order valence-corrected chi connectivity index (χ0v) is 12.8. The predicted octanol–water partition coefficient (Wildman–Crippen LogP) is 1.15. The normalized spacial score (nSPS) is 12.4. The Hall–Kier alpha value is -1.08. The lowest BCUT2D eigenvalue weighted by Gasteiger charge is -2.15. The number of aromatic nitrogens is 3. The van der Waals surface area contributed by atoms with Gasteiger partial charge in [-0.15, -0.1) is 10.2 Å². The molecule has 0 bridgehead atoms. The molecule has 1 N–H and O–H groups in total. The molecule has 108 valence electrons. The largest absolute Gasteiger partial charge is 0.468 e. The summed E-state index contributed by atoms with van der Waals surface area (Å²) in [7, 11) is 3.35. The van der Waals surface area contributed by atoms with Crippen LogP contribution < -0.4 is 5.32 Å². The van der Waals surface area contributed by atoms with Crippen molar-refractivity contribution in [1.82, 2.24) is 20.1 Å². The first kappa shape index (κ1) is 16.0. The molecule has 7 heteroatoms. The molecule has 1 aromatic rings. The summed E-state index contributed by atoms with van der Waals surface area (Å²) in [6.07, 6.45) is 1.70. The van der Waals surface area contributed by atoms with E-state index in [2.05, 4.69) is 22.4 Å². The minimum atomic E-state index is -0.244. The van der Waals surface area contributed by atoms with Gasteiger partial charge in [0.1, 0.15) is 11.9 Å². The number of carbonyl (C=O) groups excluding carboxylic acids is 1. The van der Waals surface area contributed by atoms with Crippen LogP contribution in [0.5, 0.6) is 0 Å². The highest BCUT2D eigenvalue weighted by molar-refractivity contribution is 7.99. The molecule has 1 rings (SSSR count). The fraction of sp³-hybridized carbons (Fsp3) is 0.750. The van der Waals surface area contributed by atoms with Gasteiger partial charge in [0.05, 0.1) is 7.11 Å². The molecular weight excluding hydrogens is 264 g/mol. The van der Waals surface area contributed by atoms with Crippen LogP contribution in [0.3, 0.4) is 0 Å². The van der Waals surface area contributed by atoms with Crippen LogP contribution in [0.4, 0.5) is 0 Å². The SMILES string of the molecule is CCCNC(CCSc1nnc(C)n1C)C(=O)OC. The number of esters is 1. The molecule has 0 aromatic carbocycles. The quantitative estimate of drug-likeness (QED) is 0.571. The van der Waals surface area contributed by atoms with Crippen molar-refractivity contribution in [2.75, 3.05) is 19.4 Å². The van der Waals surface area contributed by atoms with Gasteiger partial charge in [-0.1, -0.05) is 18.7 Å². The Bertz CT molecular complexity index is 408. The van der Waals surface area contributed by atoms with E-state index in [0.29, 0.717) is 6.42 Å². The molecule has 1 heterocycles. The van der Waals surface area contributed by atoms with E-state index in [1.165, 1.54) is 7.11 Å². The lowest BCUT2D eigenvalue weighted by atomic mass is 10.2. The maximum atomic E-state index is 11.6. The summed E-state index contributed by atoms with van der Waals surface area (Å²) in [6.45, 7) is 4.79. The fourth-order valence-electron chi connectivity index (χ4n) is 1.55. The molecule has 1 atom stereocenters. The topological polar surface area (TPSA) is 69.0 Å². The van der Waals surface area contributed by atoms with Crippen LogP contribution in [0.1, 0.15) is 25.6 Å². The van der Waals surface area contributed by atoms with E-state index < -0.39 is 0 Å². The van der Waals surface area contributed by atoms with Crippen LogP contribution in [-0.4, -0.2) is 46.2 Å². The first-order valence-electron chi connectivity index (χ1n) is 6.40. The average Bonchev–Trinajstić information content (AvgIpc) is 2.73. The molecule has 0 aliphatic carbocycles. The zero-order valence-electron chi connectivity index (χ0n) is 12.0. The van der Waals surface area contributed by atoms with Gasteiger partial charge in [0.25, 0.3) is 0 Å². The van der Waals surface area contributed by atoms with Crippen LogP contribution in [0, 0.1) is 6.92 Å². The van der Waals surface area contributed by atoms with Gasteiger partial charge < -0.3 is 14.6 Å². The van der Waals surface area contributed by atoms with E-state index in [1.54, 1.807) is 11.8 Å². The van der Waals surface area contributed by atoms with Crippen molar-refractivity contribution in [2.45, 2.75) is 37.9 Å². The molecule has 1 unspecified atom stereocenters. The highest BCUT2D eigenvalue weighted by atomic mass is 32.2. The number of hydrogen-bond donors (Lipinski definition) is 1. The van der Waals surface area contributed by atoms with Crippen LogP contribution in [-0.2, 0) is 16.6 Å². The van der Waals surface area contributed by atoms with Crippen molar-refractivity contribution in [2.24, 2.45) is 7.05 Å². The Morgan fingerprint density at radius 1 is 1.53 bits per heavy atom. The van der Waals surface area contributed by atoms with E-state index in [1.807, 2.05) is 18.5 Å². The maximum absolute atomic E-state index is 11.6.